The zero-order valence-corrected chi connectivity index (χ0v) is 17.3. The van der Waals surface area contributed by atoms with Crippen molar-refractivity contribution >= 4 is 21.9 Å². The highest BCUT2D eigenvalue weighted by molar-refractivity contribution is 7.89. The number of hydrogen-bond donors (Lipinski definition) is 1. The van der Waals surface area contributed by atoms with Crippen molar-refractivity contribution in [2.45, 2.75) is 44.6 Å². The lowest BCUT2D eigenvalue weighted by atomic mass is 9.94. The molecule has 1 aliphatic heterocycles. The zero-order chi connectivity index (χ0) is 20.6. The molecule has 2 unspecified atom stereocenters. The van der Waals surface area contributed by atoms with Gasteiger partial charge >= 0.3 is 5.97 Å². The summed E-state index contributed by atoms with van der Waals surface area (Å²) in [7, 11) is -2.32. The third-order valence-corrected chi connectivity index (χ3v) is 7.05. The van der Waals surface area contributed by atoms with Gasteiger partial charge < -0.3 is 10.0 Å². The van der Waals surface area contributed by atoms with Crippen LogP contribution in [0.15, 0.2) is 29.2 Å². The van der Waals surface area contributed by atoms with Gasteiger partial charge in [0.2, 0.25) is 10.0 Å². The van der Waals surface area contributed by atoms with Crippen LogP contribution in [0.2, 0.25) is 0 Å². The number of benzene rings is 1. The van der Waals surface area contributed by atoms with Crippen molar-refractivity contribution in [1.82, 2.24) is 9.21 Å². The number of carboxylic acid groups (broad SMARTS) is 1. The molecular weight excluding hydrogens is 368 g/mol. The SMILES string of the molecule is CC1CC(C)CN(S(=O)(=O)c2cccc(C(=O)N(C)C(C)(C)C(=O)O)c2)C1. The van der Waals surface area contributed by atoms with E-state index in [-0.39, 0.29) is 22.3 Å². The van der Waals surface area contributed by atoms with Crippen molar-refractivity contribution in [2.24, 2.45) is 11.8 Å². The van der Waals surface area contributed by atoms with E-state index in [4.69, 9.17) is 0 Å². The Labute approximate surface area is 161 Å². The van der Waals surface area contributed by atoms with Gasteiger partial charge in [0.1, 0.15) is 5.54 Å². The van der Waals surface area contributed by atoms with Crippen LogP contribution in [0, 0.1) is 11.8 Å². The van der Waals surface area contributed by atoms with Gasteiger partial charge in [-0.25, -0.2) is 13.2 Å². The van der Waals surface area contributed by atoms with Crippen molar-refractivity contribution in [2.75, 3.05) is 20.1 Å². The number of rotatable bonds is 5. The standard InChI is InChI=1S/C19H28N2O5S/c1-13-9-14(2)12-21(11-13)27(25,26)16-8-6-7-15(10-16)17(22)20(5)19(3,4)18(23)24/h6-8,10,13-14H,9,11-12H2,1-5H3,(H,23,24). The predicted octanol–water partition coefficient (Wildman–Crippen LogP) is 2.29. The van der Waals surface area contributed by atoms with Gasteiger partial charge in [0.15, 0.2) is 0 Å². The lowest BCUT2D eigenvalue weighted by molar-refractivity contribution is -0.147. The molecule has 8 heteroatoms. The lowest BCUT2D eigenvalue weighted by Crippen LogP contribution is -2.50. The smallest absolute Gasteiger partial charge is 0.329 e. The zero-order valence-electron chi connectivity index (χ0n) is 16.5. The highest BCUT2D eigenvalue weighted by Gasteiger charge is 2.36. The first-order valence-electron chi connectivity index (χ1n) is 8.99. The maximum absolute atomic E-state index is 13.0. The van der Waals surface area contributed by atoms with Crippen molar-refractivity contribution in [3.8, 4) is 0 Å². The van der Waals surface area contributed by atoms with Crippen molar-refractivity contribution in [3.05, 3.63) is 29.8 Å². The largest absolute Gasteiger partial charge is 0.480 e. The van der Waals surface area contributed by atoms with Crippen LogP contribution < -0.4 is 0 Å². The van der Waals surface area contributed by atoms with Gasteiger partial charge in [-0.1, -0.05) is 19.9 Å². The average molecular weight is 397 g/mol. The molecule has 0 aliphatic carbocycles. The van der Waals surface area contributed by atoms with Gasteiger partial charge in [0, 0.05) is 25.7 Å². The molecular formula is C19H28N2O5S. The normalized spacial score (nSPS) is 21.7. The maximum Gasteiger partial charge on any atom is 0.329 e. The molecule has 1 aromatic rings. The first kappa shape index (κ1) is 21.4. The fourth-order valence-corrected chi connectivity index (χ4v) is 5.06. The van der Waals surface area contributed by atoms with Crippen molar-refractivity contribution in [3.63, 3.8) is 0 Å². The summed E-state index contributed by atoms with van der Waals surface area (Å²) >= 11 is 0. The minimum atomic E-state index is -3.72. The van der Waals surface area contributed by atoms with E-state index in [2.05, 4.69) is 0 Å². The molecule has 0 aromatic heterocycles. The molecule has 1 saturated heterocycles. The Hall–Kier alpha value is -1.93. The summed E-state index contributed by atoms with van der Waals surface area (Å²) in [5.74, 6) is -1.13. The van der Waals surface area contributed by atoms with E-state index >= 15 is 0 Å². The fourth-order valence-electron chi connectivity index (χ4n) is 3.33. The summed E-state index contributed by atoms with van der Waals surface area (Å²) in [6, 6.07) is 5.81. The fraction of sp³-hybridized carbons (Fsp3) is 0.579. The van der Waals surface area contributed by atoms with Gasteiger partial charge in [-0.3, -0.25) is 4.79 Å². The quantitative estimate of drug-likeness (QED) is 0.824. The average Bonchev–Trinajstić information content (AvgIpc) is 2.59. The third kappa shape index (κ3) is 4.32. The molecule has 2 rings (SSSR count). The van der Waals surface area contributed by atoms with E-state index in [0.29, 0.717) is 13.1 Å². The van der Waals surface area contributed by atoms with Gasteiger partial charge in [-0.2, -0.15) is 4.31 Å². The van der Waals surface area contributed by atoms with E-state index in [0.717, 1.165) is 11.3 Å². The summed E-state index contributed by atoms with van der Waals surface area (Å²) in [5, 5.41) is 9.31. The summed E-state index contributed by atoms with van der Waals surface area (Å²) in [6.07, 6.45) is 0.986. The van der Waals surface area contributed by atoms with E-state index in [1.165, 1.54) is 49.5 Å². The summed E-state index contributed by atoms with van der Waals surface area (Å²) < 4.78 is 27.5. The number of nitrogens with zero attached hydrogens (tertiary/aromatic N) is 2. The number of carbonyl (C=O) groups is 2. The van der Waals surface area contributed by atoms with Crippen LogP contribution in [0.3, 0.4) is 0 Å². The Morgan fingerprint density at radius 1 is 1.19 bits per heavy atom. The van der Waals surface area contributed by atoms with E-state index in [1.807, 2.05) is 13.8 Å². The highest BCUT2D eigenvalue weighted by atomic mass is 32.2. The van der Waals surface area contributed by atoms with Crippen LogP contribution in [0.5, 0.6) is 0 Å². The van der Waals surface area contributed by atoms with Gasteiger partial charge in [-0.05, 0) is 50.3 Å². The second-order valence-corrected chi connectivity index (χ2v) is 9.96. The first-order valence-corrected chi connectivity index (χ1v) is 10.4. The number of carbonyl (C=O) groups excluding carboxylic acids is 1. The number of hydrogen-bond acceptors (Lipinski definition) is 4. The summed E-state index contributed by atoms with van der Waals surface area (Å²) in [5.41, 5.74) is -1.27. The molecule has 0 bridgehead atoms. The summed E-state index contributed by atoms with van der Waals surface area (Å²) in [6.45, 7) is 7.81. The molecule has 2 atom stereocenters. The monoisotopic (exact) mass is 396 g/mol. The molecule has 27 heavy (non-hydrogen) atoms. The van der Waals surface area contributed by atoms with E-state index in [1.54, 1.807) is 0 Å². The Balaban J connectivity index is 2.34. The molecule has 1 fully saturated rings. The van der Waals surface area contributed by atoms with Crippen LogP contribution in [0.1, 0.15) is 44.5 Å². The van der Waals surface area contributed by atoms with Crippen LogP contribution >= 0.6 is 0 Å². The van der Waals surface area contributed by atoms with Gasteiger partial charge in [-0.15, -0.1) is 0 Å². The molecule has 1 heterocycles. The molecule has 0 spiro atoms. The molecule has 1 N–H and O–H groups in total. The van der Waals surface area contributed by atoms with Crippen LogP contribution in [-0.4, -0.2) is 60.3 Å². The molecule has 1 amide bonds. The number of sulfonamides is 1. The second-order valence-electron chi connectivity index (χ2n) is 8.02. The van der Waals surface area contributed by atoms with Crippen molar-refractivity contribution < 1.29 is 23.1 Å². The topological polar surface area (TPSA) is 95.0 Å². The van der Waals surface area contributed by atoms with Crippen LogP contribution in [-0.2, 0) is 14.8 Å². The summed E-state index contributed by atoms with van der Waals surface area (Å²) in [4.78, 5) is 25.3. The van der Waals surface area contributed by atoms with Crippen LogP contribution in [0.4, 0.5) is 0 Å². The molecule has 0 radical (unpaired) electrons. The first-order chi connectivity index (χ1) is 12.4. The number of aliphatic carboxylic acids is 1. The highest BCUT2D eigenvalue weighted by Crippen LogP contribution is 2.27. The number of amides is 1. The van der Waals surface area contributed by atoms with E-state index in [9.17, 15) is 23.1 Å². The Kier molecular flexibility index (Phi) is 6.01. The van der Waals surface area contributed by atoms with Gasteiger partial charge in [0.25, 0.3) is 5.91 Å². The molecule has 7 nitrogen and oxygen atoms in total. The lowest BCUT2D eigenvalue weighted by Gasteiger charge is -2.34. The minimum absolute atomic E-state index is 0.0520. The number of piperidine rings is 1. The second kappa shape index (κ2) is 7.59. The molecule has 150 valence electrons. The maximum atomic E-state index is 13.0. The van der Waals surface area contributed by atoms with E-state index < -0.39 is 27.4 Å². The van der Waals surface area contributed by atoms with Crippen LogP contribution in [0.25, 0.3) is 0 Å². The number of carboxylic acids is 1. The third-order valence-electron chi connectivity index (χ3n) is 5.22. The molecule has 1 aromatic carbocycles. The molecule has 0 saturated carbocycles. The van der Waals surface area contributed by atoms with Gasteiger partial charge in [0.05, 0.1) is 4.90 Å². The predicted molar refractivity (Wildman–Crippen MR) is 102 cm³/mol. The Morgan fingerprint density at radius 2 is 1.74 bits per heavy atom. The molecule has 1 aliphatic rings. The Bertz CT molecular complexity index is 824. The number of likely N-dealkylation sites (N-methyl/N-ethyl adjacent to an activating group) is 1. The van der Waals surface area contributed by atoms with Crippen molar-refractivity contribution in [1.29, 1.82) is 0 Å². The minimum Gasteiger partial charge on any atom is -0.480 e. The Morgan fingerprint density at radius 3 is 2.26 bits per heavy atom.